The highest BCUT2D eigenvalue weighted by atomic mass is 15.1. The molecule has 0 atom stereocenters. The van der Waals surface area contributed by atoms with Gasteiger partial charge in [-0.05, 0) is 21.0 Å². The predicted molar refractivity (Wildman–Crippen MR) is 46.0 cm³/mol. The van der Waals surface area contributed by atoms with E-state index in [-0.39, 0.29) is 0 Å². The van der Waals surface area contributed by atoms with Crippen LogP contribution in [0.5, 0.6) is 0 Å². The zero-order chi connectivity index (χ0) is 8.15. The van der Waals surface area contributed by atoms with Crippen LogP contribution in [0.2, 0.25) is 0 Å². The van der Waals surface area contributed by atoms with Crippen molar-refractivity contribution in [1.82, 2.24) is 9.80 Å². The minimum atomic E-state index is 1.02. The SMILES string of the molecule is CC=C(CN(C)C)N(C)C. The van der Waals surface area contributed by atoms with Crippen LogP contribution in [0.1, 0.15) is 6.92 Å². The molecule has 0 heterocycles. The highest BCUT2D eigenvalue weighted by Crippen LogP contribution is 1.98. The Bertz CT molecular complexity index is 114. The highest BCUT2D eigenvalue weighted by Gasteiger charge is 1.98. The number of hydrogen-bond acceptors (Lipinski definition) is 2. The first kappa shape index (κ1) is 9.50. The number of rotatable bonds is 3. The number of nitrogens with zero attached hydrogens (tertiary/aromatic N) is 2. The van der Waals surface area contributed by atoms with E-state index in [0.29, 0.717) is 0 Å². The molecule has 0 rings (SSSR count). The van der Waals surface area contributed by atoms with E-state index in [0.717, 1.165) is 6.54 Å². The van der Waals surface area contributed by atoms with Gasteiger partial charge in [0.25, 0.3) is 0 Å². The van der Waals surface area contributed by atoms with Crippen molar-refractivity contribution in [3.05, 3.63) is 11.8 Å². The summed E-state index contributed by atoms with van der Waals surface area (Å²) in [5.74, 6) is 0. The average molecular weight is 142 g/mol. The van der Waals surface area contributed by atoms with Crippen LogP contribution < -0.4 is 0 Å². The molecule has 0 aliphatic heterocycles. The molecule has 0 aromatic rings. The first-order valence-corrected chi connectivity index (χ1v) is 3.55. The van der Waals surface area contributed by atoms with Gasteiger partial charge >= 0.3 is 0 Å². The standard InChI is InChI=1S/C8H18N2/c1-6-8(10(4)5)7-9(2)3/h6H,7H2,1-5H3. The van der Waals surface area contributed by atoms with E-state index in [1.807, 2.05) is 0 Å². The van der Waals surface area contributed by atoms with Crippen molar-refractivity contribution in [1.29, 1.82) is 0 Å². The van der Waals surface area contributed by atoms with E-state index < -0.39 is 0 Å². The second-order valence-corrected chi connectivity index (χ2v) is 2.91. The van der Waals surface area contributed by atoms with E-state index in [2.05, 4.69) is 51.0 Å². The molecule has 2 nitrogen and oxygen atoms in total. The zero-order valence-electron chi connectivity index (χ0n) is 7.68. The molecular weight excluding hydrogens is 124 g/mol. The molecule has 10 heavy (non-hydrogen) atoms. The van der Waals surface area contributed by atoms with Crippen LogP contribution >= 0.6 is 0 Å². The van der Waals surface area contributed by atoms with Crippen LogP contribution in [0.25, 0.3) is 0 Å². The molecule has 0 fully saturated rings. The van der Waals surface area contributed by atoms with Gasteiger partial charge in [0.05, 0.1) is 0 Å². The summed E-state index contributed by atoms with van der Waals surface area (Å²) in [7, 11) is 8.29. The smallest absolute Gasteiger partial charge is 0.0374 e. The second kappa shape index (κ2) is 4.34. The maximum Gasteiger partial charge on any atom is 0.0374 e. The molecule has 0 aromatic carbocycles. The maximum absolute atomic E-state index is 2.16. The molecule has 0 aromatic heterocycles. The summed E-state index contributed by atoms with van der Waals surface area (Å²) >= 11 is 0. The topological polar surface area (TPSA) is 6.48 Å². The van der Waals surface area contributed by atoms with Crippen LogP contribution in [0, 0.1) is 0 Å². The average Bonchev–Trinajstić information content (AvgIpc) is 1.81. The van der Waals surface area contributed by atoms with Gasteiger partial charge < -0.3 is 9.80 Å². The van der Waals surface area contributed by atoms with Gasteiger partial charge in [0, 0.05) is 26.3 Å². The van der Waals surface area contributed by atoms with Gasteiger partial charge in [-0.25, -0.2) is 0 Å². The quantitative estimate of drug-likeness (QED) is 0.580. The highest BCUT2D eigenvalue weighted by molar-refractivity contribution is 4.99. The first-order chi connectivity index (χ1) is 4.57. The number of likely N-dealkylation sites (N-methyl/N-ethyl adjacent to an activating group) is 2. The van der Waals surface area contributed by atoms with Crippen molar-refractivity contribution in [3.63, 3.8) is 0 Å². The van der Waals surface area contributed by atoms with Crippen molar-refractivity contribution >= 4 is 0 Å². The Kier molecular flexibility index (Phi) is 4.12. The van der Waals surface area contributed by atoms with Gasteiger partial charge in [-0.2, -0.15) is 0 Å². The van der Waals surface area contributed by atoms with Gasteiger partial charge in [0.1, 0.15) is 0 Å². The fraction of sp³-hybridized carbons (Fsp3) is 0.750. The van der Waals surface area contributed by atoms with Crippen LogP contribution in [0.4, 0.5) is 0 Å². The maximum atomic E-state index is 2.16. The van der Waals surface area contributed by atoms with Crippen molar-refractivity contribution in [2.75, 3.05) is 34.7 Å². The van der Waals surface area contributed by atoms with E-state index in [1.165, 1.54) is 5.70 Å². The Morgan fingerprint density at radius 3 is 1.80 bits per heavy atom. The second-order valence-electron chi connectivity index (χ2n) is 2.91. The van der Waals surface area contributed by atoms with E-state index >= 15 is 0 Å². The van der Waals surface area contributed by atoms with Crippen molar-refractivity contribution in [3.8, 4) is 0 Å². The Hall–Kier alpha value is -0.500. The van der Waals surface area contributed by atoms with Crippen molar-refractivity contribution in [2.24, 2.45) is 0 Å². The molecule has 0 unspecified atom stereocenters. The van der Waals surface area contributed by atoms with E-state index in [9.17, 15) is 0 Å². The third-order valence-electron chi connectivity index (χ3n) is 1.39. The summed E-state index contributed by atoms with van der Waals surface area (Å²) in [6.45, 7) is 3.09. The summed E-state index contributed by atoms with van der Waals surface area (Å²) in [5.41, 5.74) is 1.35. The molecule has 0 radical (unpaired) electrons. The lowest BCUT2D eigenvalue weighted by Crippen LogP contribution is -2.23. The Morgan fingerprint density at radius 1 is 1.20 bits per heavy atom. The lowest BCUT2D eigenvalue weighted by atomic mass is 10.3. The molecule has 0 bridgehead atoms. The third-order valence-corrected chi connectivity index (χ3v) is 1.39. The minimum Gasteiger partial charge on any atom is -0.380 e. The summed E-state index contributed by atoms with van der Waals surface area (Å²) in [5, 5.41) is 0. The monoisotopic (exact) mass is 142 g/mol. The molecule has 0 saturated carbocycles. The van der Waals surface area contributed by atoms with Crippen molar-refractivity contribution in [2.45, 2.75) is 6.92 Å². The largest absolute Gasteiger partial charge is 0.380 e. The summed E-state index contributed by atoms with van der Waals surface area (Å²) in [4.78, 5) is 4.30. The molecule has 2 heteroatoms. The van der Waals surface area contributed by atoms with Gasteiger partial charge in [-0.3, -0.25) is 0 Å². The van der Waals surface area contributed by atoms with Crippen LogP contribution in [-0.4, -0.2) is 44.5 Å². The normalized spacial score (nSPS) is 12.4. The molecule has 60 valence electrons. The lowest BCUT2D eigenvalue weighted by molar-refractivity contribution is 0.380. The summed E-state index contributed by atoms with van der Waals surface area (Å²) < 4.78 is 0. The summed E-state index contributed by atoms with van der Waals surface area (Å²) in [6.07, 6.45) is 2.14. The van der Waals surface area contributed by atoms with Crippen molar-refractivity contribution < 1.29 is 0 Å². The first-order valence-electron chi connectivity index (χ1n) is 3.55. The lowest BCUT2D eigenvalue weighted by Gasteiger charge is -2.20. The van der Waals surface area contributed by atoms with Crippen LogP contribution in [0.15, 0.2) is 11.8 Å². The number of hydrogen-bond donors (Lipinski definition) is 0. The Labute approximate surface area is 64.1 Å². The summed E-state index contributed by atoms with van der Waals surface area (Å²) in [6, 6.07) is 0. The van der Waals surface area contributed by atoms with Gasteiger partial charge in [-0.1, -0.05) is 6.08 Å². The Balaban J connectivity index is 3.86. The molecule has 0 amide bonds. The fourth-order valence-electron chi connectivity index (χ4n) is 0.815. The van der Waals surface area contributed by atoms with Gasteiger partial charge in [0.15, 0.2) is 0 Å². The fourth-order valence-corrected chi connectivity index (χ4v) is 0.815. The molecule has 0 N–H and O–H groups in total. The Morgan fingerprint density at radius 2 is 1.70 bits per heavy atom. The predicted octanol–water partition coefficient (Wildman–Crippen LogP) is 1.01. The molecule has 0 saturated heterocycles. The molecular formula is C8H18N2. The van der Waals surface area contributed by atoms with Crippen LogP contribution in [0.3, 0.4) is 0 Å². The molecule has 0 aliphatic carbocycles. The van der Waals surface area contributed by atoms with E-state index in [1.54, 1.807) is 0 Å². The molecule has 0 spiro atoms. The van der Waals surface area contributed by atoms with Gasteiger partial charge in [-0.15, -0.1) is 0 Å². The van der Waals surface area contributed by atoms with Gasteiger partial charge in [0.2, 0.25) is 0 Å². The van der Waals surface area contributed by atoms with E-state index in [4.69, 9.17) is 0 Å². The third kappa shape index (κ3) is 3.51. The molecule has 0 aliphatic rings. The minimum absolute atomic E-state index is 1.02. The zero-order valence-corrected chi connectivity index (χ0v) is 7.68. The number of allylic oxidation sites excluding steroid dienone is 1. The van der Waals surface area contributed by atoms with Crippen LogP contribution in [-0.2, 0) is 0 Å².